The average Bonchev–Trinajstić information content (AvgIpc) is 2.70. The summed E-state index contributed by atoms with van der Waals surface area (Å²) in [6.07, 6.45) is 0. The van der Waals surface area contributed by atoms with Crippen molar-refractivity contribution in [3.05, 3.63) is 48.0 Å². The zero-order valence-corrected chi connectivity index (χ0v) is 16.7. The molecule has 0 aromatic heterocycles. The van der Waals surface area contributed by atoms with E-state index < -0.39 is 22.5 Å². The predicted molar refractivity (Wildman–Crippen MR) is 102 cm³/mol. The first-order valence-electron chi connectivity index (χ1n) is 8.42. The summed E-state index contributed by atoms with van der Waals surface area (Å²) >= 11 is 0. The Hall–Kier alpha value is -2.78. The minimum atomic E-state index is -4.00. The van der Waals surface area contributed by atoms with Gasteiger partial charge < -0.3 is 18.9 Å². The van der Waals surface area contributed by atoms with E-state index in [1.807, 2.05) is 31.2 Å². The second-order valence-corrected chi connectivity index (χ2v) is 7.46. The third kappa shape index (κ3) is 6.14. The topological polar surface area (TPSA) is 100 Å². The van der Waals surface area contributed by atoms with Gasteiger partial charge in [0.05, 0.1) is 14.2 Å². The summed E-state index contributed by atoms with van der Waals surface area (Å²) in [5.41, 5.74) is 1.11. The van der Waals surface area contributed by atoms with Gasteiger partial charge in [0.1, 0.15) is 41.9 Å². The summed E-state index contributed by atoms with van der Waals surface area (Å²) in [5, 5.41) is 0. The summed E-state index contributed by atoms with van der Waals surface area (Å²) in [6, 6.07) is 11.8. The molecule has 0 aliphatic heterocycles. The Morgan fingerprint density at radius 1 is 0.964 bits per heavy atom. The van der Waals surface area contributed by atoms with Gasteiger partial charge in [-0.2, -0.15) is 4.72 Å². The largest absolute Gasteiger partial charge is 0.497 e. The molecule has 1 N–H and O–H groups in total. The lowest BCUT2D eigenvalue weighted by atomic mass is 10.2. The van der Waals surface area contributed by atoms with Gasteiger partial charge in [0, 0.05) is 6.07 Å². The lowest BCUT2D eigenvalue weighted by Crippen LogP contribution is -2.31. The second kappa shape index (κ2) is 9.95. The Bertz CT molecular complexity index is 895. The molecule has 8 nitrogen and oxygen atoms in total. The minimum absolute atomic E-state index is 0.00306. The van der Waals surface area contributed by atoms with Crippen LogP contribution in [0.1, 0.15) is 5.56 Å². The number of benzene rings is 2. The highest BCUT2D eigenvalue weighted by molar-refractivity contribution is 7.89. The number of carbonyl (C=O) groups excluding carboxylic acids is 1. The van der Waals surface area contributed by atoms with Crippen LogP contribution in [0.3, 0.4) is 0 Å². The molecule has 2 aromatic carbocycles. The maximum atomic E-state index is 12.4. The highest BCUT2D eigenvalue weighted by Gasteiger charge is 2.21. The van der Waals surface area contributed by atoms with Crippen LogP contribution in [-0.2, 0) is 19.6 Å². The fraction of sp³-hybridized carbons (Fsp3) is 0.316. The van der Waals surface area contributed by atoms with Crippen molar-refractivity contribution in [3.8, 4) is 17.2 Å². The molecule has 0 unspecified atom stereocenters. The van der Waals surface area contributed by atoms with Crippen LogP contribution in [0.25, 0.3) is 0 Å². The van der Waals surface area contributed by atoms with Crippen LogP contribution in [0.4, 0.5) is 0 Å². The highest BCUT2D eigenvalue weighted by Crippen LogP contribution is 2.27. The molecule has 0 heterocycles. The van der Waals surface area contributed by atoms with Crippen LogP contribution < -0.4 is 18.9 Å². The summed E-state index contributed by atoms with van der Waals surface area (Å²) in [6.45, 7) is 1.60. The molecule has 0 radical (unpaired) electrons. The number of aryl methyl sites for hydroxylation is 1. The first-order valence-corrected chi connectivity index (χ1v) is 9.91. The molecule has 9 heteroatoms. The van der Waals surface area contributed by atoms with Crippen molar-refractivity contribution in [1.29, 1.82) is 0 Å². The first-order chi connectivity index (χ1) is 13.4. The van der Waals surface area contributed by atoms with Crippen LogP contribution in [0.5, 0.6) is 17.2 Å². The van der Waals surface area contributed by atoms with Crippen LogP contribution in [-0.4, -0.2) is 48.4 Å². The van der Waals surface area contributed by atoms with Crippen molar-refractivity contribution in [3.63, 3.8) is 0 Å². The number of sulfonamides is 1. The fourth-order valence-corrected chi connectivity index (χ4v) is 3.38. The van der Waals surface area contributed by atoms with Crippen molar-refractivity contribution in [2.45, 2.75) is 11.8 Å². The van der Waals surface area contributed by atoms with Crippen molar-refractivity contribution in [2.24, 2.45) is 0 Å². The van der Waals surface area contributed by atoms with E-state index in [1.54, 1.807) is 6.07 Å². The molecule has 0 spiro atoms. The van der Waals surface area contributed by atoms with E-state index in [0.717, 1.165) is 5.56 Å². The maximum absolute atomic E-state index is 12.4. The van der Waals surface area contributed by atoms with Gasteiger partial charge in [0.25, 0.3) is 0 Å². The Morgan fingerprint density at radius 3 is 2.29 bits per heavy atom. The lowest BCUT2D eigenvalue weighted by molar-refractivity contribution is -0.142. The Labute approximate surface area is 164 Å². The Morgan fingerprint density at radius 2 is 1.64 bits per heavy atom. The molecule has 0 saturated carbocycles. The third-order valence-electron chi connectivity index (χ3n) is 3.70. The van der Waals surface area contributed by atoms with Crippen molar-refractivity contribution < 1.29 is 32.2 Å². The monoisotopic (exact) mass is 409 g/mol. The van der Waals surface area contributed by atoms with E-state index in [-0.39, 0.29) is 23.9 Å². The van der Waals surface area contributed by atoms with Crippen LogP contribution >= 0.6 is 0 Å². The molecule has 2 aromatic rings. The van der Waals surface area contributed by atoms with Gasteiger partial charge in [-0.05, 0) is 31.2 Å². The standard InChI is InChI=1S/C19H23NO7S/c1-14-4-6-15(7-5-14)26-10-11-27-19(21)13-20-28(22,23)18-12-16(24-2)8-9-17(18)25-3/h4-9,12,20H,10-11,13H2,1-3H3. The van der Waals surface area contributed by atoms with Gasteiger partial charge in [-0.15, -0.1) is 0 Å². The van der Waals surface area contributed by atoms with E-state index in [1.165, 1.54) is 26.4 Å². The zero-order chi connectivity index (χ0) is 20.6. The number of rotatable bonds is 10. The van der Waals surface area contributed by atoms with Gasteiger partial charge in [0.15, 0.2) is 0 Å². The SMILES string of the molecule is COc1ccc(OC)c(S(=O)(=O)NCC(=O)OCCOc2ccc(C)cc2)c1. The molecule has 0 fully saturated rings. The van der Waals surface area contributed by atoms with Gasteiger partial charge in [-0.25, -0.2) is 8.42 Å². The number of nitrogens with one attached hydrogen (secondary N) is 1. The molecule has 0 amide bonds. The number of carbonyl (C=O) groups is 1. The van der Waals surface area contributed by atoms with Crippen LogP contribution in [0.2, 0.25) is 0 Å². The van der Waals surface area contributed by atoms with Gasteiger partial charge in [-0.3, -0.25) is 4.79 Å². The van der Waals surface area contributed by atoms with E-state index in [2.05, 4.69) is 4.72 Å². The molecular weight excluding hydrogens is 386 g/mol. The van der Waals surface area contributed by atoms with Gasteiger partial charge in [-0.1, -0.05) is 17.7 Å². The first kappa shape index (κ1) is 21.5. The predicted octanol–water partition coefficient (Wildman–Crippen LogP) is 1.91. The van der Waals surface area contributed by atoms with E-state index in [0.29, 0.717) is 11.5 Å². The molecule has 0 saturated heterocycles. The highest BCUT2D eigenvalue weighted by atomic mass is 32.2. The smallest absolute Gasteiger partial charge is 0.321 e. The third-order valence-corrected chi connectivity index (χ3v) is 5.13. The molecule has 0 aliphatic carbocycles. The number of methoxy groups -OCH3 is 2. The minimum Gasteiger partial charge on any atom is -0.497 e. The van der Waals surface area contributed by atoms with E-state index in [9.17, 15) is 13.2 Å². The maximum Gasteiger partial charge on any atom is 0.321 e. The quantitative estimate of drug-likeness (QED) is 0.473. The fourth-order valence-electron chi connectivity index (χ4n) is 2.23. The van der Waals surface area contributed by atoms with E-state index >= 15 is 0 Å². The average molecular weight is 409 g/mol. The van der Waals surface area contributed by atoms with Gasteiger partial charge in [0.2, 0.25) is 10.0 Å². The summed E-state index contributed by atoms with van der Waals surface area (Å²) < 4.78 is 47.6. The summed E-state index contributed by atoms with van der Waals surface area (Å²) in [5.74, 6) is 0.413. The van der Waals surface area contributed by atoms with E-state index in [4.69, 9.17) is 18.9 Å². The molecule has 28 heavy (non-hydrogen) atoms. The zero-order valence-electron chi connectivity index (χ0n) is 15.9. The number of ether oxygens (including phenoxy) is 4. The van der Waals surface area contributed by atoms with Crippen molar-refractivity contribution in [1.82, 2.24) is 4.72 Å². The van der Waals surface area contributed by atoms with Crippen molar-refractivity contribution >= 4 is 16.0 Å². The summed E-state index contributed by atoms with van der Waals surface area (Å²) in [4.78, 5) is 11.7. The molecular formula is C19H23NO7S. The molecule has 0 atom stereocenters. The lowest BCUT2D eigenvalue weighted by Gasteiger charge is -2.12. The Balaban J connectivity index is 1.83. The van der Waals surface area contributed by atoms with Gasteiger partial charge >= 0.3 is 5.97 Å². The second-order valence-electron chi connectivity index (χ2n) is 5.72. The molecule has 2 rings (SSSR count). The Kier molecular flexibility index (Phi) is 7.65. The molecule has 0 aliphatic rings. The number of hydrogen-bond acceptors (Lipinski definition) is 7. The van der Waals surface area contributed by atoms with Crippen molar-refractivity contribution in [2.75, 3.05) is 34.0 Å². The van der Waals surface area contributed by atoms with Crippen LogP contribution in [0, 0.1) is 6.92 Å². The van der Waals surface area contributed by atoms with Crippen LogP contribution in [0.15, 0.2) is 47.4 Å². The summed E-state index contributed by atoms with van der Waals surface area (Å²) in [7, 11) is -1.23. The molecule has 152 valence electrons. The molecule has 0 bridgehead atoms. The number of esters is 1. The number of hydrogen-bond donors (Lipinski definition) is 1. The normalized spacial score (nSPS) is 11.0.